The molecule has 1 unspecified atom stereocenters. The number of nitrogens with one attached hydrogen (secondary N) is 1. The maximum absolute atomic E-state index is 12.7. The Kier molecular flexibility index (Phi) is 6.71. The molecule has 0 aromatic carbocycles. The van der Waals surface area contributed by atoms with Crippen molar-refractivity contribution in [3.63, 3.8) is 0 Å². The van der Waals surface area contributed by atoms with E-state index in [2.05, 4.69) is 35.1 Å². The molecule has 0 radical (unpaired) electrons. The Morgan fingerprint density at radius 1 is 1.45 bits per heavy atom. The van der Waals surface area contributed by atoms with Crippen LogP contribution in [0.15, 0.2) is 20.0 Å². The van der Waals surface area contributed by atoms with E-state index in [1.807, 2.05) is 6.92 Å². The van der Waals surface area contributed by atoms with Crippen LogP contribution in [-0.2, 0) is 16.6 Å². The van der Waals surface area contributed by atoms with Crippen molar-refractivity contribution in [1.82, 2.24) is 9.62 Å². The zero-order chi connectivity index (χ0) is 15.3. The summed E-state index contributed by atoms with van der Waals surface area (Å²) < 4.78 is 32.5. The molecular weight excluding hydrogens is 344 g/mol. The van der Waals surface area contributed by atoms with Gasteiger partial charge in [0.15, 0.2) is 4.67 Å². The third kappa shape index (κ3) is 4.07. The van der Waals surface area contributed by atoms with Crippen molar-refractivity contribution in [3.05, 3.63) is 16.5 Å². The van der Waals surface area contributed by atoms with Gasteiger partial charge < -0.3 is 9.73 Å². The fraction of sp³-hybridized carbons (Fsp3) is 0.692. The molecule has 116 valence electrons. The Morgan fingerprint density at radius 2 is 2.10 bits per heavy atom. The second-order valence-electron chi connectivity index (χ2n) is 4.85. The monoisotopic (exact) mass is 366 g/mol. The summed E-state index contributed by atoms with van der Waals surface area (Å²) in [5, 5.41) is 2.94. The largest absolute Gasteiger partial charge is 0.452 e. The van der Waals surface area contributed by atoms with Gasteiger partial charge in [0, 0.05) is 19.2 Å². The Morgan fingerprint density at radius 3 is 2.60 bits per heavy atom. The number of rotatable bonds is 8. The molecule has 5 nitrogen and oxygen atoms in total. The highest BCUT2D eigenvalue weighted by Gasteiger charge is 2.29. The first-order valence-corrected chi connectivity index (χ1v) is 9.03. The number of sulfonamides is 1. The van der Waals surface area contributed by atoms with Gasteiger partial charge in [-0.15, -0.1) is 0 Å². The Bertz CT molecular complexity index is 528. The second kappa shape index (κ2) is 7.59. The van der Waals surface area contributed by atoms with Gasteiger partial charge in [0.05, 0.1) is 6.54 Å². The fourth-order valence-corrected chi connectivity index (χ4v) is 4.38. The minimum Gasteiger partial charge on any atom is -0.452 e. The van der Waals surface area contributed by atoms with Gasteiger partial charge in [-0.25, -0.2) is 8.42 Å². The Balaban J connectivity index is 3.07. The molecule has 0 saturated carbocycles. The summed E-state index contributed by atoms with van der Waals surface area (Å²) in [5.41, 5.74) is 0. The summed E-state index contributed by atoms with van der Waals surface area (Å²) in [6, 6.07) is 1.58. The van der Waals surface area contributed by atoms with Gasteiger partial charge in [-0.3, -0.25) is 0 Å². The molecule has 1 rings (SSSR count). The zero-order valence-corrected chi connectivity index (χ0v) is 14.8. The average molecular weight is 367 g/mol. The van der Waals surface area contributed by atoms with Crippen molar-refractivity contribution in [1.29, 1.82) is 0 Å². The molecule has 0 saturated heterocycles. The molecule has 0 aliphatic heterocycles. The van der Waals surface area contributed by atoms with E-state index in [1.165, 1.54) is 4.31 Å². The summed E-state index contributed by atoms with van der Waals surface area (Å²) in [7, 11) is -1.74. The van der Waals surface area contributed by atoms with E-state index in [1.54, 1.807) is 13.1 Å². The second-order valence-corrected chi connectivity index (χ2v) is 7.48. The van der Waals surface area contributed by atoms with Crippen LogP contribution in [0.2, 0.25) is 0 Å². The lowest BCUT2D eigenvalue weighted by atomic mass is 10.1. The first-order chi connectivity index (χ1) is 9.36. The smallest absolute Gasteiger partial charge is 0.247 e. The molecular formula is C13H23BrN2O3S. The molecule has 0 aliphatic rings. The van der Waals surface area contributed by atoms with Crippen LogP contribution in [0, 0.1) is 5.92 Å². The van der Waals surface area contributed by atoms with Crippen molar-refractivity contribution >= 4 is 26.0 Å². The lowest BCUT2D eigenvalue weighted by molar-refractivity contribution is 0.360. The molecule has 20 heavy (non-hydrogen) atoms. The quantitative estimate of drug-likeness (QED) is 0.768. The molecule has 1 aromatic heterocycles. The molecule has 1 aromatic rings. The van der Waals surface area contributed by atoms with Crippen LogP contribution in [0.3, 0.4) is 0 Å². The molecule has 0 amide bonds. The van der Waals surface area contributed by atoms with Gasteiger partial charge in [-0.1, -0.05) is 27.2 Å². The van der Waals surface area contributed by atoms with E-state index >= 15 is 0 Å². The number of nitrogens with zero attached hydrogens (tertiary/aromatic N) is 1. The number of halogens is 1. The Hall–Kier alpha value is -0.370. The SMILES string of the molecule is CCC(C)CN(CC)S(=O)(=O)c1cc(CNC)oc1Br. The van der Waals surface area contributed by atoms with Crippen molar-refractivity contribution in [3.8, 4) is 0 Å². The first kappa shape index (κ1) is 17.7. The standard InChI is InChI=1S/C13H23BrN2O3S/c1-5-10(3)9-16(6-2)20(17,18)12-7-11(8-15-4)19-13(12)14/h7,10,15H,5-6,8-9H2,1-4H3. The van der Waals surface area contributed by atoms with Crippen LogP contribution in [0.25, 0.3) is 0 Å². The van der Waals surface area contributed by atoms with Crippen molar-refractivity contribution < 1.29 is 12.8 Å². The lowest BCUT2D eigenvalue weighted by Gasteiger charge is -2.22. The Labute approximate surface area is 129 Å². The third-order valence-electron chi connectivity index (χ3n) is 3.24. The molecule has 0 aliphatic carbocycles. The molecule has 0 spiro atoms. The summed E-state index contributed by atoms with van der Waals surface area (Å²) >= 11 is 3.20. The normalized spacial score (nSPS) is 13.9. The van der Waals surface area contributed by atoms with E-state index in [0.29, 0.717) is 31.3 Å². The summed E-state index contributed by atoms with van der Waals surface area (Å²) in [4.78, 5) is 0.202. The predicted octanol–water partition coefficient (Wildman–Crippen LogP) is 2.82. The van der Waals surface area contributed by atoms with Crippen molar-refractivity contribution in [2.45, 2.75) is 38.6 Å². The average Bonchev–Trinajstić information content (AvgIpc) is 2.77. The zero-order valence-electron chi connectivity index (χ0n) is 12.4. The molecule has 0 bridgehead atoms. The predicted molar refractivity (Wildman–Crippen MR) is 83.1 cm³/mol. The van der Waals surface area contributed by atoms with Gasteiger partial charge in [-0.05, 0) is 28.9 Å². The molecule has 0 fully saturated rings. The van der Waals surface area contributed by atoms with Crippen molar-refractivity contribution in [2.75, 3.05) is 20.1 Å². The highest BCUT2D eigenvalue weighted by atomic mass is 79.9. The fourth-order valence-electron chi connectivity index (χ4n) is 1.85. The minimum absolute atomic E-state index is 0.202. The first-order valence-electron chi connectivity index (χ1n) is 6.79. The molecule has 7 heteroatoms. The van der Waals surface area contributed by atoms with Gasteiger partial charge in [-0.2, -0.15) is 4.31 Å². The van der Waals surface area contributed by atoms with Crippen LogP contribution in [0.5, 0.6) is 0 Å². The maximum Gasteiger partial charge on any atom is 0.247 e. The molecule has 1 heterocycles. The molecule has 1 N–H and O–H groups in total. The van der Waals surface area contributed by atoms with Gasteiger partial charge >= 0.3 is 0 Å². The van der Waals surface area contributed by atoms with Gasteiger partial charge in [0.1, 0.15) is 10.7 Å². The van der Waals surface area contributed by atoms with Crippen LogP contribution < -0.4 is 5.32 Å². The van der Waals surface area contributed by atoms with E-state index < -0.39 is 10.0 Å². The van der Waals surface area contributed by atoms with Crippen LogP contribution >= 0.6 is 15.9 Å². The lowest BCUT2D eigenvalue weighted by Crippen LogP contribution is -2.34. The minimum atomic E-state index is -3.52. The van der Waals surface area contributed by atoms with E-state index in [-0.39, 0.29) is 9.56 Å². The summed E-state index contributed by atoms with van der Waals surface area (Å²) in [5.74, 6) is 0.921. The van der Waals surface area contributed by atoms with Gasteiger partial charge in [0.25, 0.3) is 0 Å². The molecule has 1 atom stereocenters. The van der Waals surface area contributed by atoms with Crippen LogP contribution in [0.4, 0.5) is 0 Å². The van der Waals surface area contributed by atoms with E-state index in [4.69, 9.17) is 4.42 Å². The van der Waals surface area contributed by atoms with Crippen LogP contribution in [0.1, 0.15) is 33.0 Å². The topological polar surface area (TPSA) is 62.6 Å². The summed E-state index contributed by atoms with van der Waals surface area (Å²) in [6.45, 7) is 7.42. The number of hydrogen-bond acceptors (Lipinski definition) is 4. The number of furan rings is 1. The maximum atomic E-state index is 12.7. The third-order valence-corrected chi connectivity index (χ3v) is 6.04. The van der Waals surface area contributed by atoms with Crippen molar-refractivity contribution in [2.24, 2.45) is 5.92 Å². The van der Waals surface area contributed by atoms with Crippen LogP contribution in [-0.4, -0.2) is 32.9 Å². The highest BCUT2D eigenvalue weighted by molar-refractivity contribution is 9.10. The van der Waals surface area contributed by atoms with Gasteiger partial charge in [0.2, 0.25) is 10.0 Å². The highest BCUT2D eigenvalue weighted by Crippen LogP contribution is 2.29. The summed E-state index contributed by atoms with van der Waals surface area (Å²) in [6.07, 6.45) is 0.948. The number of hydrogen-bond donors (Lipinski definition) is 1. The van der Waals surface area contributed by atoms with E-state index in [0.717, 1.165) is 6.42 Å². The van der Waals surface area contributed by atoms with E-state index in [9.17, 15) is 8.42 Å².